The van der Waals surface area contributed by atoms with E-state index in [1.54, 1.807) is 20.8 Å². The Labute approximate surface area is 104 Å². The lowest BCUT2D eigenvalue weighted by atomic mass is 9.95. The summed E-state index contributed by atoms with van der Waals surface area (Å²) in [6.07, 6.45) is 0. The Morgan fingerprint density at radius 1 is 1.41 bits per heavy atom. The zero-order chi connectivity index (χ0) is 13.2. The van der Waals surface area contributed by atoms with Crippen molar-refractivity contribution in [3.63, 3.8) is 0 Å². The van der Waals surface area contributed by atoms with E-state index >= 15 is 0 Å². The van der Waals surface area contributed by atoms with Gasteiger partial charge in [0.15, 0.2) is 0 Å². The smallest absolute Gasteiger partial charge is 0.292 e. The predicted octanol–water partition coefficient (Wildman–Crippen LogP) is 3.23. The number of nitrogens with one attached hydrogen (secondary N) is 1. The van der Waals surface area contributed by atoms with Crippen molar-refractivity contribution in [1.82, 2.24) is 0 Å². The number of nitro benzene ring substituents is 1. The number of rotatable bonds is 2. The van der Waals surface area contributed by atoms with Gasteiger partial charge >= 0.3 is 0 Å². The number of nitrogens with zero attached hydrogens (tertiary/aromatic N) is 1. The van der Waals surface area contributed by atoms with Crippen LogP contribution in [-0.2, 0) is 4.79 Å². The highest BCUT2D eigenvalue weighted by Crippen LogP contribution is 2.29. The van der Waals surface area contributed by atoms with Gasteiger partial charge in [0.2, 0.25) is 5.91 Å². The van der Waals surface area contributed by atoms with Gasteiger partial charge in [-0.05, 0) is 12.1 Å². The van der Waals surface area contributed by atoms with Crippen molar-refractivity contribution in [3.8, 4) is 0 Å². The molecule has 1 N–H and O–H groups in total. The number of nitro groups is 1. The Bertz CT molecular complexity index is 466. The molecule has 1 amide bonds. The number of carbonyl (C=O) groups is 1. The van der Waals surface area contributed by atoms with Crippen LogP contribution in [-0.4, -0.2) is 10.8 Å². The summed E-state index contributed by atoms with van der Waals surface area (Å²) >= 11 is 5.75. The van der Waals surface area contributed by atoms with E-state index in [4.69, 9.17) is 11.6 Å². The molecule has 5 nitrogen and oxygen atoms in total. The van der Waals surface area contributed by atoms with Crippen LogP contribution >= 0.6 is 11.6 Å². The van der Waals surface area contributed by atoms with Crippen LogP contribution in [0.1, 0.15) is 20.8 Å². The lowest BCUT2D eigenvalue weighted by Gasteiger charge is -2.17. The fourth-order valence-electron chi connectivity index (χ4n) is 1.08. The molecule has 0 aliphatic heterocycles. The van der Waals surface area contributed by atoms with Gasteiger partial charge in [0.25, 0.3) is 5.69 Å². The summed E-state index contributed by atoms with van der Waals surface area (Å²) in [4.78, 5) is 22.0. The second-order valence-corrected chi connectivity index (χ2v) is 5.06. The van der Waals surface area contributed by atoms with Crippen molar-refractivity contribution in [2.24, 2.45) is 5.41 Å². The topological polar surface area (TPSA) is 72.2 Å². The lowest BCUT2D eigenvalue weighted by molar-refractivity contribution is -0.383. The largest absolute Gasteiger partial charge is 0.320 e. The van der Waals surface area contributed by atoms with Crippen LogP contribution in [0, 0.1) is 15.5 Å². The molecule has 0 aliphatic rings. The fraction of sp³-hybridized carbons (Fsp3) is 0.364. The first-order chi connectivity index (χ1) is 7.71. The van der Waals surface area contributed by atoms with Gasteiger partial charge in [-0.25, -0.2) is 0 Å². The highest BCUT2D eigenvalue weighted by molar-refractivity contribution is 6.31. The summed E-state index contributed by atoms with van der Waals surface area (Å²) in [6, 6.07) is 4.04. The molecule has 1 aromatic rings. The van der Waals surface area contributed by atoms with E-state index in [-0.39, 0.29) is 17.3 Å². The first-order valence-electron chi connectivity index (χ1n) is 4.97. The SMILES string of the molecule is CC(C)(C)C(=O)Nc1cc(Cl)ccc1[N+](=O)[O-]. The molecule has 0 aromatic heterocycles. The maximum Gasteiger partial charge on any atom is 0.292 e. The predicted molar refractivity (Wildman–Crippen MR) is 66.2 cm³/mol. The van der Waals surface area contributed by atoms with Crippen LogP contribution in [0.25, 0.3) is 0 Å². The number of hydrogen-bond donors (Lipinski definition) is 1. The number of halogens is 1. The molecule has 0 aliphatic carbocycles. The molecular weight excluding hydrogens is 244 g/mol. The number of anilines is 1. The Balaban J connectivity index is 3.09. The second kappa shape index (κ2) is 4.71. The van der Waals surface area contributed by atoms with Gasteiger partial charge in [0.05, 0.1) is 4.92 Å². The van der Waals surface area contributed by atoms with Gasteiger partial charge in [0.1, 0.15) is 5.69 Å². The third kappa shape index (κ3) is 3.42. The molecule has 0 saturated carbocycles. The summed E-state index contributed by atoms with van der Waals surface area (Å²) in [6.45, 7) is 5.16. The Morgan fingerprint density at radius 3 is 2.47 bits per heavy atom. The number of benzene rings is 1. The highest BCUT2D eigenvalue weighted by atomic mass is 35.5. The zero-order valence-corrected chi connectivity index (χ0v) is 10.5. The first-order valence-corrected chi connectivity index (χ1v) is 5.35. The van der Waals surface area contributed by atoms with Crippen molar-refractivity contribution >= 4 is 28.9 Å². The van der Waals surface area contributed by atoms with E-state index < -0.39 is 10.3 Å². The van der Waals surface area contributed by atoms with E-state index in [0.29, 0.717) is 5.02 Å². The minimum Gasteiger partial charge on any atom is -0.320 e. The van der Waals surface area contributed by atoms with Crippen LogP contribution in [0.2, 0.25) is 5.02 Å². The summed E-state index contributed by atoms with van der Waals surface area (Å²) in [5.41, 5.74) is -0.690. The minimum absolute atomic E-state index is 0.113. The van der Waals surface area contributed by atoms with Crippen LogP contribution in [0.3, 0.4) is 0 Å². The molecule has 0 bridgehead atoms. The van der Waals surface area contributed by atoms with E-state index in [1.807, 2.05) is 0 Å². The third-order valence-corrected chi connectivity index (χ3v) is 2.32. The zero-order valence-electron chi connectivity index (χ0n) is 9.78. The minimum atomic E-state index is -0.629. The van der Waals surface area contributed by atoms with Crippen LogP contribution in [0.4, 0.5) is 11.4 Å². The lowest BCUT2D eigenvalue weighted by Crippen LogP contribution is -2.27. The maximum atomic E-state index is 11.7. The molecular formula is C11H13ClN2O3. The monoisotopic (exact) mass is 256 g/mol. The van der Waals surface area contributed by atoms with Gasteiger partial charge in [-0.15, -0.1) is 0 Å². The molecule has 92 valence electrons. The van der Waals surface area contributed by atoms with E-state index in [9.17, 15) is 14.9 Å². The van der Waals surface area contributed by atoms with Gasteiger partial charge in [-0.2, -0.15) is 0 Å². The quantitative estimate of drug-likeness (QED) is 0.652. The normalized spacial score (nSPS) is 11.1. The van der Waals surface area contributed by atoms with Crippen LogP contribution < -0.4 is 5.32 Å². The number of carbonyl (C=O) groups excluding carboxylic acids is 1. The maximum absolute atomic E-state index is 11.7. The summed E-state index contributed by atoms with van der Waals surface area (Å²) < 4.78 is 0. The van der Waals surface area contributed by atoms with Crippen molar-refractivity contribution in [3.05, 3.63) is 33.3 Å². The first kappa shape index (κ1) is 13.4. The third-order valence-electron chi connectivity index (χ3n) is 2.08. The molecule has 1 rings (SSSR count). The van der Waals surface area contributed by atoms with Crippen molar-refractivity contribution < 1.29 is 9.72 Å². The van der Waals surface area contributed by atoms with Crippen molar-refractivity contribution in [2.45, 2.75) is 20.8 Å². The average Bonchev–Trinajstić information content (AvgIpc) is 2.15. The number of amides is 1. The molecule has 0 saturated heterocycles. The second-order valence-electron chi connectivity index (χ2n) is 4.62. The van der Waals surface area contributed by atoms with Crippen LogP contribution in [0.15, 0.2) is 18.2 Å². The highest BCUT2D eigenvalue weighted by Gasteiger charge is 2.24. The molecule has 0 atom stereocenters. The summed E-state index contributed by atoms with van der Waals surface area (Å²) in [5.74, 6) is -0.303. The van der Waals surface area contributed by atoms with Gasteiger partial charge in [0, 0.05) is 16.5 Å². The van der Waals surface area contributed by atoms with Crippen molar-refractivity contribution in [2.75, 3.05) is 5.32 Å². The molecule has 0 spiro atoms. The van der Waals surface area contributed by atoms with Crippen LogP contribution in [0.5, 0.6) is 0 Å². The van der Waals surface area contributed by atoms with E-state index in [0.717, 1.165) is 0 Å². The van der Waals surface area contributed by atoms with Gasteiger partial charge in [-0.1, -0.05) is 32.4 Å². The van der Waals surface area contributed by atoms with E-state index in [1.165, 1.54) is 18.2 Å². The molecule has 0 unspecified atom stereocenters. The number of hydrogen-bond acceptors (Lipinski definition) is 3. The van der Waals surface area contributed by atoms with Gasteiger partial charge < -0.3 is 5.32 Å². The molecule has 0 fully saturated rings. The molecule has 1 aromatic carbocycles. The summed E-state index contributed by atoms with van der Waals surface area (Å²) in [5, 5.41) is 13.6. The standard InChI is InChI=1S/C11H13ClN2O3/c1-11(2,3)10(15)13-8-6-7(12)4-5-9(8)14(16)17/h4-6H,1-3H3,(H,13,15). The molecule has 17 heavy (non-hydrogen) atoms. The van der Waals surface area contributed by atoms with E-state index in [2.05, 4.69) is 5.32 Å². The molecule has 0 radical (unpaired) electrons. The Kier molecular flexibility index (Phi) is 3.72. The molecule has 6 heteroatoms. The van der Waals surface area contributed by atoms with Gasteiger partial charge in [-0.3, -0.25) is 14.9 Å². The van der Waals surface area contributed by atoms with Crippen molar-refractivity contribution in [1.29, 1.82) is 0 Å². The summed E-state index contributed by atoms with van der Waals surface area (Å²) in [7, 11) is 0. The fourth-order valence-corrected chi connectivity index (χ4v) is 1.25. The Hall–Kier alpha value is -1.62. The Morgan fingerprint density at radius 2 is 2.00 bits per heavy atom. The molecule has 0 heterocycles. The average molecular weight is 257 g/mol.